The van der Waals surface area contributed by atoms with Gasteiger partial charge in [-0.1, -0.05) is 66.5 Å². The van der Waals surface area contributed by atoms with Crippen molar-refractivity contribution < 1.29 is 4.79 Å². The smallest absolute Gasteiger partial charge is 0.224 e. The van der Waals surface area contributed by atoms with Crippen molar-refractivity contribution in [3.05, 3.63) is 35.4 Å². The van der Waals surface area contributed by atoms with Gasteiger partial charge in [-0.3, -0.25) is 4.79 Å². The van der Waals surface area contributed by atoms with Crippen LogP contribution in [0.15, 0.2) is 24.3 Å². The van der Waals surface area contributed by atoms with E-state index in [9.17, 15) is 4.79 Å². The van der Waals surface area contributed by atoms with Crippen LogP contribution in [0.25, 0.3) is 0 Å². The van der Waals surface area contributed by atoms with E-state index in [1.54, 1.807) is 0 Å². The minimum absolute atomic E-state index is 0.0801. The van der Waals surface area contributed by atoms with E-state index in [1.165, 1.54) is 5.56 Å². The van der Waals surface area contributed by atoms with Crippen LogP contribution in [0.4, 0.5) is 0 Å². The number of rotatable bonds is 5. The maximum Gasteiger partial charge on any atom is 0.224 e. The van der Waals surface area contributed by atoms with E-state index in [4.69, 9.17) is 0 Å². The fraction of sp³-hybridized carbons (Fsp3) is 0.562. The van der Waals surface area contributed by atoms with E-state index in [0.29, 0.717) is 6.42 Å². The SMILES string of the molecule is Cc1ccc(CC(=O)NC(CCBr)C(C)(C)C)cc1. The molecular formula is C16H24BrNO. The van der Waals surface area contributed by atoms with Gasteiger partial charge in [0, 0.05) is 11.4 Å². The summed E-state index contributed by atoms with van der Waals surface area (Å²) >= 11 is 3.46. The predicted octanol–water partition coefficient (Wildman–Crippen LogP) is 3.85. The molecule has 0 aromatic heterocycles. The summed E-state index contributed by atoms with van der Waals surface area (Å²) in [6, 6.07) is 8.33. The van der Waals surface area contributed by atoms with Crippen LogP contribution in [0.1, 0.15) is 38.3 Å². The lowest BCUT2D eigenvalue weighted by molar-refractivity contribution is -0.121. The first-order chi connectivity index (χ1) is 8.82. The van der Waals surface area contributed by atoms with Crippen LogP contribution in [0.3, 0.4) is 0 Å². The molecule has 0 saturated carbocycles. The van der Waals surface area contributed by atoms with E-state index in [-0.39, 0.29) is 17.4 Å². The molecule has 1 aromatic carbocycles. The Morgan fingerprint density at radius 1 is 1.26 bits per heavy atom. The van der Waals surface area contributed by atoms with Crippen LogP contribution in [0, 0.1) is 12.3 Å². The first-order valence-corrected chi connectivity index (χ1v) is 7.86. The van der Waals surface area contributed by atoms with E-state index >= 15 is 0 Å². The molecule has 0 aliphatic rings. The quantitative estimate of drug-likeness (QED) is 0.818. The zero-order valence-corrected chi connectivity index (χ0v) is 13.9. The fourth-order valence-electron chi connectivity index (χ4n) is 1.97. The number of hydrogen-bond donors (Lipinski definition) is 1. The Kier molecular flexibility index (Phi) is 6.05. The minimum atomic E-state index is 0.0801. The Morgan fingerprint density at radius 2 is 1.84 bits per heavy atom. The predicted molar refractivity (Wildman–Crippen MR) is 84.7 cm³/mol. The van der Waals surface area contributed by atoms with Crippen LogP contribution in [-0.4, -0.2) is 17.3 Å². The van der Waals surface area contributed by atoms with E-state index in [0.717, 1.165) is 17.3 Å². The van der Waals surface area contributed by atoms with Gasteiger partial charge in [-0.05, 0) is 24.3 Å². The molecule has 106 valence electrons. The summed E-state index contributed by atoms with van der Waals surface area (Å²) in [6.07, 6.45) is 1.40. The van der Waals surface area contributed by atoms with E-state index < -0.39 is 0 Å². The lowest BCUT2D eigenvalue weighted by atomic mass is 9.85. The highest BCUT2D eigenvalue weighted by Crippen LogP contribution is 2.22. The molecule has 19 heavy (non-hydrogen) atoms. The molecule has 1 unspecified atom stereocenters. The third-order valence-corrected chi connectivity index (χ3v) is 3.72. The van der Waals surface area contributed by atoms with Gasteiger partial charge in [0.1, 0.15) is 0 Å². The molecule has 1 atom stereocenters. The minimum Gasteiger partial charge on any atom is -0.353 e. The number of carbonyl (C=O) groups is 1. The summed E-state index contributed by atoms with van der Waals surface area (Å²) in [5.74, 6) is 0.102. The zero-order chi connectivity index (χ0) is 14.5. The summed E-state index contributed by atoms with van der Waals surface area (Å²) in [5.41, 5.74) is 2.36. The van der Waals surface area contributed by atoms with Crippen LogP contribution in [0.2, 0.25) is 0 Å². The third kappa shape index (κ3) is 5.77. The molecule has 0 spiro atoms. The standard InChI is InChI=1S/C16H24BrNO/c1-12-5-7-13(8-6-12)11-15(19)18-14(9-10-17)16(2,3)4/h5-8,14H,9-11H2,1-4H3,(H,18,19). The topological polar surface area (TPSA) is 29.1 Å². The number of hydrogen-bond acceptors (Lipinski definition) is 1. The Labute approximate surface area is 125 Å². The number of nitrogens with one attached hydrogen (secondary N) is 1. The van der Waals surface area contributed by atoms with Gasteiger partial charge in [-0.25, -0.2) is 0 Å². The zero-order valence-electron chi connectivity index (χ0n) is 12.3. The number of benzene rings is 1. The van der Waals surface area contributed by atoms with Gasteiger partial charge >= 0.3 is 0 Å². The van der Waals surface area contributed by atoms with Crippen molar-refractivity contribution in [1.82, 2.24) is 5.32 Å². The maximum atomic E-state index is 12.1. The molecule has 0 aliphatic heterocycles. The highest BCUT2D eigenvalue weighted by molar-refractivity contribution is 9.09. The van der Waals surface area contributed by atoms with Crippen molar-refractivity contribution in [3.8, 4) is 0 Å². The fourth-order valence-corrected chi connectivity index (χ4v) is 2.43. The first kappa shape index (κ1) is 16.2. The molecule has 1 N–H and O–H groups in total. The molecule has 0 heterocycles. The monoisotopic (exact) mass is 325 g/mol. The van der Waals surface area contributed by atoms with E-state index in [1.807, 2.05) is 24.3 Å². The van der Waals surface area contributed by atoms with Crippen molar-refractivity contribution in [2.24, 2.45) is 5.41 Å². The second kappa shape index (κ2) is 7.09. The van der Waals surface area contributed by atoms with E-state index in [2.05, 4.69) is 48.9 Å². The number of aryl methyl sites for hydroxylation is 1. The van der Waals surface area contributed by atoms with Gasteiger partial charge in [0.25, 0.3) is 0 Å². The average molecular weight is 326 g/mol. The number of carbonyl (C=O) groups excluding carboxylic acids is 1. The van der Waals surface area contributed by atoms with Crippen molar-refractivity contribution in [2.45, 2.75) is 46.6 Å². The Morgan fingerprint density at radius 3 is 2.32 bits per heavy atom. The molecule has 0 bridgehead atoms. The van der Waals surface area contributed by atoms with Gasteiger partial charge in [0.15, 0.2) is 0 Å². The normalized spacial score (nSPS) is 13.1. The molecule has 0 saturated heterocycles. The van der Waals surface area contributed by atoms with Crippen LogP contribution < -0.4 is 5.32 Å². The van der Waals surface area contributed by atoms with Crippen LogP contribution >= 0.6 is 15.9 Å². The summed E-state index contributed by atoms with van der Waals surface area (Å²) in [7, 11) is 0. The number of alkyl halides is 1. The molecular weight excluding hydrogens is 302 g/mol. The van der Waals surface area contributed by atoms with Crippen molar-refractivity contribution in [2.75, 3.05) is 5.33 Å². The lowest BCUT2D eigenvalue weighted by Gasteiger charge is -2.31. The molecule has 1 rings (SSSR count). The molecule has 0 aliphatic carbocycles. The van der Waals surface area contributed by atoms with Crippen molar-refractivity contribution >= 4 is 21.8 Å². The van der Waals surface area contributed by atoms with Crippen molar-refractivity contribution in [3.63, 3.8) is 0 Å². The molecule has 1 amide bonds. The first-order valence-electron chi connectivity index (χ1n) is 6.74. The second-order valence-electron chi connectivity index (χ2n) is 6.13. The van der Waals surface area contributed by atoms with Gasteiger partial charge in [0.05, 0.1) is 6.42 Å². The summed E-state index contributed by atoms with van der Waals surface area (Å²) in [4.78, 5) is 12.1. The summed E-state index contributed by atoms with van der Waals surface area (Å²) in [5, 5.41) is 4.05. The van der Waals surface area contributed by atoms with Gasteiger partial charge in [0.2, 0.25) is 5.91 Å². The van der Waals surface area contributed by atoms with Gasteiger partial charge < -0.3 is 5.32 Å². The highest BCUT2D eigenvalue weighted by Gasteiger charge is 2.25. The van der Waals surface area contributed by atoms with Gasteiger partial charge in [-0.15, -0.1) is 0 Å². The maximum absolute atomic E-state index is 12.1. The summed E-state index contributed by atoms with van der Waals surface area (Å²) in [6.45, 7) is 8.53. The second-order valence-corrected chi connectivity index (χ2v) is 6.92. The third-order valence-electron chi connectivity index (χ3n) is 3.26. The number of halogens is 1. The Bertz CT molecular complexity index is 406. The van der Waals surface area contributed by atoms with Crippen molar-refractivity contribution in [1.29, 1.82) is 0 Å². The molecule has 1 aromatic rings. The van der Waals surface area contributed by atoms with Gasteiger partial charge in [-0.2, -0.15) is 0 Å². The summed E-state index contributed by atoms with van der Waals surface area (Å²) < 4.78 is 0. The Hall–Kier alpha value is -0.830. The molecule has 0 fully saturated rings. The largest absolute Gasteiger partial charge is 0.353 e. The highest BCUT2D eigenvalue weighted by atomic mass is 79.9. The molecule has 3 heteroatoms. The number of amides is 1. The lowest BCUT2D eigenvalue weighted by Crippen LogP contribution is -2.44. The Balaban J connectivity index is 2.60. The van der Waals surface area contributed by atoms with Crippen LogP contribution in [-0.2, 0) is 11.2 Å². The van der Waals surface area contributed by atoms with Crippen LogP contribution in [0.5, 0.6) is 0 Å². The molecule has 2 nitrogen and oxygen atoms in total. The average Bonchev–Trinajstić information content (AvgIpc) is 2.30. The molecule has 0 radical (unpaired) electrons.